The third-order valence-corrected chi connectivity index (χ3v) is 4.36. The third kappa shape index (κ3) is 3.19. The molecule has 2 aliphatic rings. The molecule has 2 aliphatic carbocycles. The number of aliphatic hydroxyl groups excluding tert-OH is 1. The van der Waals surface area contributed by atoms with Crippen molar-refractivity contribution in [3.8, 4) is 0 Å². The van der Waals surface area contributed by atoms with Crippen molar-refractivity contribution in [2.75, 3.05) is 6.54 Å². The second-order valence-corrected chi connectivity index (χ2v) is 5.83. The van der Waals surface area contributed by atoms with Gasteiger partial charge in [-0.1, -0.05) is 19.3 Å². The van der Waals surface area contributed by atoms with Crippen LogP contribution in [0.3, 0.4) is 0 Å². The molecule has 4 N–H and O–H groups in total. The lowest BCUT2D eigenvalue weighted by molar-refractivity contribution is -0.125. The van der Waals surface area contributed by atoms with Crippen molar-refractivity contribution >= 4 is 5.91 Å². The summed E-state index contributed by atoms with van der Waals surface area (Å²) in [6.07, 6.45) is 7.63. The van der Waals surface area contributed by atoms with Gasteiger partial charge in [-0.2, -0.15) is 0 Å². The Labute approximate surface area is 103 Å². The van der Waals surface area contributed by atoms with Gasteiger partial charge in [0.05, 0.1) is 6.10 Å². The topological polar surface area (TPSA) is 75.4 Å². The largest absolute Gasteiger partial charge is 0.393 e. The molecule has 0 aromatic rings. The molecule has 4 nitrogen and oxygen atoms in total. The van der Waals surface area contributed by atoms with Crippen molar-refractivity contribution < 1.29 is 9.90 Å². The lowest BCUT2D eigenvalue weighted by Gasteiger charge is -2.37. The molecule has 4 heteroatoms. The number of nitrogens with one attached hydrogen (secondary N) is 1. The van der Waals surface area contributed by atoms with Gasteiger partial charge in [-0.05, 0) is 37.6 Å². The summed E-state index contributed by atoms with van der Waals surface area (Å²) in [4.78, 5) is 11.9. The summed E-state index contributed by atoms with van der Waals surface area (Å²) >= 11 is 0. The van der Waals surface area contributed by atoms with E-state index in [2.05, 4.69) is 5.32 Å². The number of amides is 1. The van der Waals surface area contributed by atoms with E-state index in [0.29, 0.717) is 25.8 Å². The Morgan fingerprint density at radius 2 is 1.94 bits per heavy atom. The maximum absolute atomic E-state index is 11.9. The van der Waals surface area contributed by atoms with Crippen molar-refractivity contribution in [2.45, 2.75) is 63.5 Å². The van der Waals surface area contributed by atoms with Gasteiger partial charge in [-0.15, -0.1) is 0 Å². The van der Waals surface area contributed by atoms with E-state index in [-0.39, 0.29) is 23.5 Å². The highest BCUT2D eigenvalue weighted by molar-refractivity contribution is 5.77. The van der Waals surface area contributed by atoms with Crippen molar-refractivity contribution in [2.24, 2.45) is 11.1 Å². The molecule has 0 heterocycles. The molecule has 0 unspecified atom stereocenters. The minimum atomic E-state index is -0.210. The summed E-state index contributed by atoms with van der Waals surface area (Å²) in [6, 6.07) is 0.191. The average Bonchev–Trinajstić information content (AvgIpc) is 2.28. The summed E-state index contributed by atoms with van der Waals surface area (Å²) in [6.45, 7) is 0.619. The SMILES string of the molecule is NCC1(CC(=O)NC2CC(O)C2)CCCCC1. The molecule has 0 saturated heterocycles. The van der Waals surface area contributed by atoms with Gasteiger partial charge in [-0.25, -0.2) is 0 Å². The third-order valence-electron chi connectivity index (χ3n) is 4.36. The number of nitrogens with two attached hydrogens (primary N) is 1. The van der Waals surface area contributed by atoms with Crippen LogP contribution in [0.5, 0.6) is 0 Å². The van der Waals surface area contributed by atoms with Gasteiger partial charge in [0.2, 0.25) is 5.91 Å². The highest BCUT2D eigenvalue weighted by Crippen LogP contribution is 2.38. The van der Waals surface area contributed by atoms with Crippen LogP contribution in [-0.4, -0.2) is 29.7 Å². The van der Waals surface area contributed by atoms with Crippen LogP contribution in [-0.2, 0) is 4.79 Å². The number of hydrogen-bond acceptors (Lipinski definition) is 3. The van der Waals surface area contributed by atoms with E-state index < -0.39 is 0 Å². The van der Waals surface area contributed by atoms with E-state index in [0.717, 1.165) is 12.8 Å². The maximum atomic E-state index is 11.9. The van der Waals surface area contributed by atoms with Crippen LogP contribution < -0.4 is 11.1 Å². The molecule has 2 saturated carbocycles. The Kier molecular flexibility index (Phi) is 4.05. The molecule has 17 heavy (non-hydrogen) atoms. The van der Waals surface area contributed by atoms with Crippen molar-refractivity contribution in [3.63, 3.8) is 0 Å². The van der Waals surface area contributed by atoms with E-state index in [1.54, 1.807) is 0 Å². The predicted molar refractivity (Wildman–Crippen MR) is 66.4 cm³/mol. The highest BCUT2D eigenvalue weighted by atomic mass is 16.3. The Balaban J connectivity index is 1.79. The second kappa shape index (κ2) is 5.36. The monoisotopic (exact) mass is 240 g/mol. The van der Waals surface area contributed by atoms with Crippen LogP contribution in [0.25, 0.3) is 0 Å². The van der Waals surface area contributed by atoms with Crippen LogP contribution in [0.4, 0.5) is 0 Å². The first kappa shape index (κ1) is 12.8. The standard InChI is InChI=1S/C13H24N2O2/c14-9-13(4-2-1-3-5-13)8-12(17)15-10-6-11(16)7-10/h10-11,16H,1-9,14H2,(H,15,17). The first-order valence-corrected chi connectivity index (χ1v) is 6.81. The highest BCUT2D eigenvalue weighted by Gasteiger charge is 2.35. The molecule has 0 aromatic heterocycles. The van der Waals surface area contributed by atoms with Gasteiger partial charge in [0.15, 0.2) is 0 Å². The number of carbonyl (C=O) groups excluding carboxylic acids is 1. The molecule has 0 aliphatic heterocycles. The van der Waals surface area contributed by atoms with Gasteiger partial charge in [-0.3, -0.25) is 4.79 Å². The van der Waals surface area contributed by atoms with Crippen LogP contribution in [0, 0.1) is 5.41 Å². The molecule has 0 radical (unpaired) electrons. The normalized spacial score (nSPS) is 31.6. The molecular formula is C13H24N2O2. The van der Waals surface area contributed by atoms with Crippen molar-refractivity contribution in [1.29, 1.82) is 0 Å². The van der Waals surface area contributed by atoms with Crippen LogP contribution in [0.2, 0.25) is 0 Å². The summed E-state index contributed by atoms with van der Waals surface area (Å²) < 4.78 is 0. The van der Waals surface area contributed by atoms with Gasteiger partial charge in [0, 0.05) is 12.5 Å². The summed E-state index contributed by atoms with van der Waals surface area (Å²) in [5, 5.41) is 12.2. The first-order chi connectivity index (χ1) is 8.13. The summed E-state index contributed by atoms with van der Waals surface area (Å²) in [5.74, 6) is 0.120. The fourth-order valence-electron chi connectivity index (χ4n) is 3.08. The Morgan fingerprint density at radius 1 is 1.29 bits per heavy atom. The maximum Gasteiger partial charge on any atom is 0.220 e. The fraction of sp³-hybridized carbons (Fsp3) is 0.923. The van der Waals surface area contributed by atoms with Crippen LogP contribution in [0.15, 0.2) is 0 Å². The minimum Gasteiger partial charge on any atom is -0.393 e. The number of carbonyl (C=O) groups is 1. The molecule has 0 atom stereocenters. The first-order valence-electron chi connectivity index (χ1n) is 6.81. The Hall–Kier alpha value is -0.610. The zero-order valence-corrected chi connectivity index (χ0v) is 10.5. The summed E-state index contributed by atoms with van der Waals surface area (Å²) in [7, 11) is 0. The van der Waals surface area contributed by atoms with E-state index >= 15 is 0 Å². The number of rotatable bonds is 4. The molecule has 1 amide bonds. The molecular weight excluding hydrogens is 216 g/mol. The van der Waals surface area contributed by atoms with E-state index in [1.807, 2.05) is 0 Å². The predicted octanol–water partition coefficient (Wildman–Crippen LogP) is 0.925. The minimum absolute atomic E-state index is 0.0463. The van der Waals surface area contributed by atoms with E-state index in [9.17, 15) is 9.90 Å². The molecule has 0 aromatic carbocycles. The van der Waals surface area contributed by atoms with Crippen molar-refractivity contribution in [3.05, 3.63) is 0 Å². The molecule has 0 bridgehead atoms. The quantitative estimate of drug-likeness (QED) is 0.684. The lowest BCUT2D eigenvalue weighted by Crippen LogP contribution is -2.48. The Bertz CT molecular complexity index is 269. The zero-order chi connectivity index (χ0) is 12.3. The van der Waals surface area contributed by atoms with E-state index in [4.69, 9.17) is 5.73 Å². The number of hydrogen-bond donors (Lipinski definition) is 3. The van der Waals surface area contributed by atoms with Crippen LogP contribution in [0.1, 0.15) is 51.4 Å². The molecule has 98 valence electrons. The smallest absolute Gasteiger partial charge is 0.220 e. The molecule has 0 spiro atoms. The second-order valence-electron chi connectivity index (χ2n) is 5.83. The lowest BCUT2D eigenvalue weighted by atomic mass is 9.71. The van der Waals surface area contributed by atoms with Gasteiger partial charge >= 0.3 is 0 Å². The van der Waals surface area contributed by atoms with Gasteiger partial charge < -0.3 is 16.2 Å². The summed E-state index contributed by atoms with van der Waals surface area (Å²) in [5.41, 5.74) is 5.91. The zero-order valence-electron chi connectivity index (χ0n) is 10.5. The number of aliphatic hydroxyl groups is 1. The van der Waals surface area contributed by atoms with Gasteiger partial charge in [0.25, 0.3) is 0 Å². The van der Waals surface area contributed by atoms with E-state index in [1.165, 1.54) is 19.3 Å². The average molecular weight is 240 g/mol. The van der Waals surface area contributed by atoms with Crippen molar-refractivity contribution in [1.82, 2.24) is 5.32 Å². The van der Waals surface area contributed by atoms with Crippen LogP contribution >= 0.6 is 0 Å². The molecule has 2 fully saturated rings. The van der Waals surface area contributed by atoms with Gasteiger partial charge in [0.1, 0.15) is 0 Å². The fourth-order valence-corrected chi connectivity index (χ4v) is 3.08. The molecule has 2 rings (SSSR count). The Morgan fingerprint density at radius 3 is 2.47 bits per heavy atom.